The van der Waals surface area contributed by atoms with E-state index in [1.54, 1.807) is 24.4 Å². The average molecular weight is 318 g/mol. The van der Waals surface area contributed by atoms with E-state index in [1.165, 1.54) is 12.1 Å². The van der Waals surface area contributed by atoms with Gasteiger partial charge in [0.1, 0.15) is 5.69 Å². The third kappa shape index (κ3) is 3.30. The van der Waals surface area contributed by atoms with Gasteiger partial charge in [0.15, 0.2) is 0 Å². The Kier molecular flexibility index (Phi) is 4.34. The molecule has 118 valence electrons. The summed E-state index contributed by atoms with van der Waals surface area (Å²) in [5, 5.41) is 11.6. The first-order valence-corrected chi connectivity index (χ1v) is 7.30. The first-order chi connectivity index (χ1) is 11.6. The number of aromatic carboxylic acids is 1. The van der Waals surface area contributed by atoms with Gasteiger partial charge in [-0.2, -0.15) is 0 Å². The summed E-state index contributed by atoms with van der Waals surface area (Å²) in [6.45, 7) is 0. The molecule has 0 aliphatic rings. The van der Waals surface area contributed by atoms with E-state index in [4.69, 9.17) is 5.11 Å². The summed E-state index contributed by atoms with van der Waals surface area (Å²) in [7, 11) is 0. The van der Waals surface area contributed by atoms with E-state index in [2.05, 4.69) is 10.3 Å². The molecule has 0 spiro atoms. The highest BCUT2D eigenvalue weighted by Crippen LogP contribution is 2.22. The zero-order valence-electron chi connectivity index (χ0n) is 12.6. The Morgan fingerprint density at radius 3 is 2.25 bits per heavy atom. The minimum Gasteiger partial charge on any atom is -0.478 e. The van der Waals surface area contributed by atoms with Crippen molar-refractivity contribution >= 4 is 17.6 Å². The second-order valence-electron chi connectivity index (χ2n) is 5.10. The fraction of sp³-hybridized carbons (Fsp3) is 0. The highest BCUT2D eigenvalue weighted by atomic mass is 16.4. The molecule has 0 fully saturated rings. The highest BCUT2D eigenvalue weighted by molar-refractivity contribution is 6.07. The number of nitrogens with zero attached hydrogens (tertiary/aromatic N) is 1. The monoisotopic (exact) mass is 318 g/mol. The van der Waals surface area contributed by atoms with Crippen molar-refractivity contribution in [2.75, 3.05) is 5.32 Å². The van der Waals surface area contributed by atoms with Crippen molar-refractivity contribution in [2.24, 2.45) is 0 Å². The van der Waals surface area contributed by atoms with Gasteiger partial charge in [0, 0.05) is 17.4 Å². The summed E-state index contributed by atoms with van der Waals surface area (Å²) >= 11 is 0. The van der Waals surface area contributed by atoms with Crippen LogP contribution in [0.3, 0.4) is 0 Å². The molecule has 0 saturated heterocycles. The number of anilines is 1. The lowest BCUT2D eigenvalue weighted by atomic mass is 10.0. The van der Waals surface area contributed by atoms with Crippen molar-refractivity contribution in [3.8, 4) is 11.1 Å². The number of nitrogens with one attached hydrogen (secondary N) is 1. The Labute approximate surface area is 138 Å². The molecule has 0 aliphatic heterocycles. The Bertz CT molecular complexity index is 875. The summed E-state index contributed by atoms with van der Waals surface area (Å²) in [6.07, 6.45) is 1.56. The maximum Gasteiger partial charge on any atom is 0.335 e. The number of pyridine rings is 1. The van der Waals surface area contributed by atoms with Crippen LogP contribution in [-0.2, 0) is 0 Å². The molecule has 0 radical (unpaired) electrons. The molecule has 1 heterocycles. The molecule has 2 N–H and O–H groups in total. The molecule has 1 amide bonds. The van der Waals surface area contributed by atoms with Crippen LogP contribution in [0.2, 0.25) is 0 Å². The maximum atomic E-state index is 12.5. The second-order valence-corrected chi connectivity index (χ2v) is 5.10. The van der Waals surface area contributed by atoms with Crippen molar-refractivity contribution in [1.82, 2.24) is 4.98 Å². The molecule has 0 saturated carbocycles. The van der Waals surface area contributed by atoms with Crippen LogP contribution in [-0.4, -0.2) is 22.0 Å². The lowest BCUT2D eigenvalue weighted by Gasteiger charge is -2.09. The SMILES string of the molecule is O=C(O)c1ccc(NC(=O)c2ncccc2-c2ccccc2)cc1. The van der Waals surface area contributed by atoms with Crippen LogP contribution in [0, 0.1) is 0 Å². The van der Waals surface area contributed by atoms with E-state index < -0.39 is 5.97 Å². The van der Waals surface area contributed by atoms with Gasteiger partial charge < -0.3 is 10.4 Å². The number of carbonyl (C=O) groups excluding carboxylic acids is 1. The molecule has 0 unspecified atom stereocenters. The molecule has 0 bridgehead atoms. The topological polar surface area (TPSA) is 79.3 Å². The van der Waals surface area contributed by atoms with E-state index in [1.807, 2.05) is 36.4 Å². The van der Waals surface area contributed by atoms with E-state index in [0.29, 0.717) is 11.4 Å². The smallest absolute Gasteiger partial charge is 0.335 e. The van der Waals surface area contributed by atoms with E-state index in [-0.39, 0.29) is 11.5 Å². The van der Waals surface area contributed by atoms with Gasteiger partial charge in [-0.25, -0.2) is 4.79 Å². The molecule has 3 aromatic rings. The first-order valence-electron chi connectivity index (χ1n) is 7.30. The molecule has 5 heteroatoms. The summed E-state index contributed by atoms with van der Waals surface area (Å²) < 4.78 is 0. The molecule has 1 aromatic heterocycles. The Morgan fingerprint density at radius 1 is 0.875 bits per heavy atom. The number of amides is 1. The normalized spacial score (nSPS) is 10.2. The van der Waals surface area contributed by atoms with Gasteiger partial charge in [0.2, 0.25) is 0 Å². The zero-order valence-corrected chi connectivity index (χ0v) is 12.6. The van der Waals surface area contributed by atoms with Crippen LogP contribution in [0.15, 0.2) is 72.9 Å². The van der Waals surface area contributed by atoms with Crippen LogP contribution < -0.4 is 5.32 Å². The van der Waals surface area contributed by atoms with Crippen LogP contribution in [0.25, 0.3) is 11.1 Å². The fourth-order valence-electron chi connectivity index (χ4n) is 2.32. The largest absolute Gasteiger partial charge is 0.478 e. The highest BCUT2D eigenvalue weighted by Gasteiger charge is 2.14. The lowest BCUT2D eigenvalue weighted by molar-refractivity contribution is 0.0696. The number of carbonyl (C=O) groups is 2. The van der Waals surface area contributed by atoms with Gasteiger partial charge in [-0.1, -0.05) is 36.4 Å². The molecule has 2 aromatic carbocycles. The van der Waals surface area contributed by atoms with E-state index >= 15 is 0 Å². The predicted octanol–water partition coefficient (Wildman–Crippen LogP) is 3.70. The van der Waals surface area contributed by atoms with Crippen LogP contribution in [0.5, 0.6) is 0 Å². The van der Waals surface area contributed by atoms with Gasteiger partial charge in [0.05, 0.1) is 5.56 Å². The third-order valence-electron chi connectivity index (χ3n) is 3.50. The Hall–Kier alpha value is -3.47. The summed E-state index contributed by atoms with van der Waals surface area (Å²) in [5.41, 5.74) is 2.62. The van der Waals surface area contributed by atoms with Gasteiger partial charge >= 0.3 is 5.97 Å². The van der Waals surface area contributed by atoms with Gasteiger partial charge in [-0.05, 0) is 35.9 Å². The number of hydrogen-bond donors (Lipinski definition) is 2. The number of carboxylic acid groups (broad SMARTS) is 1. The number of benzene rings is 2. The van der Waals surface area contributed by atoms with Gasteiger partial charge in [0.25, 0.3) is 5.91 Å². The minimum atomic E-state index is -1.01. The van der Waals surface area contributed by atoms with Crippen LogP contribution in [0.1, 0.15) is 20.8 Å². The van der Waals surface area contributed by atoms with Crippen molar-refractivity contribution in [3.63, 3.8) is 0 Å². The minimum absolute atomic E-state index is 0.163. The van der Waals surface area contributed by atoms with E-state index in [9.17, 15) is 9.59 Å². The summed E-state index contributed by atoms with van der Waals surface area (Å²) in [6, 6.07) is 19.1. The quantitative estimate of drug-likeness (QED) is 0.769. The van der Waals surface area contributed by atoms with Crippen LogP contribution in [0.4, 0.5) is 5.69 Å². The van der Waals surface area contributed by atoms with Crippen molar-refractivity contribution < 1.29 is 14.7 Å². The molecule has 3 rings (SSSR count). The Morgan fingerprint density at radius 2 is 1.58 bits per heavy atom. The van der Waals surface area contributed by atoms with Crippen LogP contribution >= 0.6 is 0 Å². The summed E-state index contributed by atoms with van der Waals surface area (Å²) in [4.78, 5) is 27.6. The molecular formula is C19H14N2O3. The molecule has 0 aliphatic carbocycles. The predicted molar refractivity (Wildman–Crippen MR) is 91.0 cm³/mol. The fourth-order valence-corrected chi connectivity index (χ4v) is 2.32. The average Bonchev–Trinajstić information content (AvgIpc) is 2.63. The number of aromatic nitrogens is 1. The van der Waals surface area contributed by atoms with Gasteiger partial charge in [-0.15, -0.1) is 0 Å². The number of hydrogen-bond acceptors (Lipinski definition) is 3. The molecule has 24 heavy (non-hydrogen) atoms. The van der Waals surface area contributed by atoms with Crippen molar-refractivity contribution in [3.05, 3.63) is 84.2 Å². The summed E-state index contributed by atoms with van der Waals surface area (Å²) in [5.74, 6) is -1.36. The molecule has 0 atom stereocenters. The van der Waals surface area contributed by atoms with Gasteiger partial charge in [-0.3, -0.25) is 9.78 Å². The number of rotatable bonds is 4. The van der Waals surface area contributed by atoms with Crippen molar-refractivity contribution in [1.29, 1.82) is 0 Å². The third-order valence-corrected chi connectivity index (χ3v) is 3.50. The molecular weight excluding hydrogens is 304 g/mol. The van der Waals surface area contributed by atoms with E-state index in [0.717, 1.165) is 11.1 Å². The number of carboxylic acids is 1. The van der Waals surface area contributed by atoms with Crippen molar-refractivity contribution in [2.45, 2.75) is 0 Å². The lowest BCUT2D eigenvalue weighted by Crippen LogP contribution is -2.15. The Balaban J connectivity index is 1.87. The maximum absolute atomic E-state index is 12.5. The second kappa shape index (κ2) is 6.75. The molecule has 5 nitrogen and oxygen atoms in total. The first kappa shape index (κ1) is 15.4. The standard InChI is InChI=1S/C19H14N2O3/c22-18(21-15-10-8-14(9-11-15)19(23)24)17-16(7-4-12-20-17)13-5-2-1-3-6-13/h1-12H,(H,21,22)(H,23,24). The zero-order chi connectivity index (χ0) is 16.9.